The molecule has 0 amide bonds. The van der Waals surface area contributed by atoms with Crippen molar-refractivity contribution in [2.75, 3.05) is 20.3 Å². The summed E-state index contributed by atoms with van der Waals surface area (Å²) in [5.74, 6) is 0. The van der Waals surface area contributed by atoms with E-state index in [1.807, 2.05) is 11.7 Å². The molecule has 0 fully saturated rings. The van der Waals surface area contributed by atoms with Crippen molar-refractivity contribution >= 4 is 0 Å². The van der Waals surface area contributed by atoms with E-state index in [9.17, 15) is 0 Å². The summed E-state index contributed by atoms with van der Waals surface area (Å²) >= 11 is 0. The Bertz CT molecular complexity index is 320. The molecule has 0 bridgehead atoms. The molecular weight excluding hydrogens is 218 g/mol. The van der Waals surface area contributed by atoms with Gasteiger partial charge in [-0.1, -0.05) is 6.92 Å². The Hall–Kier alpha value is -0.910. The molecule has 1 atom stereocenters. The molecule has 98 valence electrons. The molecule has 5 nitrogen and oxygen atoms in total. The highest BCUT2D eigenvalue weighted by Gasteiger charge is 2.09. The van der Waals surface area contributed by atoms with Crippen LogP contribution in [0, 0.1) is 0 Å². The number of aliphatic hydroxyl groups excluding tert-OH is 1. The SMILES string of the molecule is CCc1cc(CNC(CCO)COC)n(C)n1. The predicted molar refractivity (Wildman–Crippen MR) is 66.8 cm³/mol. The zero-order valence-corrected chi connectivity index (χ0v) is 10.9. The summed E-state index contributed by atoms with van der Waals surface area (Å²) in [5.41, 5.74) is 2.26. The van der Waals surface area contributed by atoms with Crippen LogP contribution < -0.4 is 5.32 Å². The molecule has 1 heterocycles. The van der Waals surface area contributed by atoms with Crippen LogP contribution in [0.3, 0.4) is 0 Å². The van der Waals surface area contributed by atoms with Gasteiger partial charge in [-0.2, -0.15) is 5.10 Å². The summed E-state index contributed by atoms with van der Waals surface area (Å²) in [7, 11) is 3.62. The second kappa shape index (κ2) is 7.42. The van der Waals surface area contributed by atoms with Gasteiger partial charge in [0.25, 0.3) is 0 Å². The Kier molecular flexibility index (Phi) is 6.18. The van der Waals surface area contributed by atoms with Crippen molar-refractivity contribution in [2.24, 2.45) is 7.05 Å². The monoisotopic (exact) mass is 241 g/mol. The highest BCUT2D eigenvalue weighted by Crippen LogP contribution is 2.04. The number of ether oxygens (including phenoxy) is 1. The number of methoxy groups -OCH3 is 1. The molecule has 0 aliphatic heterocycles. The summed E-state index contributed by atoms with van der Waals surface area (Å²) in [4.78, 5) is 0. The Morgan fingerprint density at radius 1 is 1.59 bits per heavy atom. The molecule has 0 saturated carbocycles. The smallest absolute Gasteiger partial charge is 0.0625 e. The molecule has 5 heteroatoms. The zero-order chi connectivity index (χ0) is 12.7. The van der Waals surface area contributed by atoms with E-state index < -0.39 is 0 Å². The van der Waals surface area contributed by atoms with E-state index in [1.54, 1.807) is 7.11 Å². The lowest BCUT2D eigenvalue weighted by Gasteiger charge is -2.16. The molecule has 1 aromatic rings. The second-order valence-corrected chi connectivity index (χ2v) is 4.15. The van der Waals surface area contributed by atoms with Crippen molar-refractivity contribution in [3.63, 3.8) is 0 Å². The van der Waals surface area contributed by atoms with Crippen LogP contribution in [-0.4, -0.2) is 41.3 Å². The Labute approximate surface area is 103 Å². The van der Waals surface area contributed by atoms with Crippen molar-refractivity contribution < 1.29 is 9.84 Å². The minimum Gasteiger partial charge on any atom is -0.396 e. The average molecular weight is 241 g/mol. The Balaban J connectivity index is 2.49. The largest absolute Gasteiger partial charge is 0.396 e. The molecule has 0 aliphatic carbocycles. The quantitative estimate of drug-likeness (QED) is 0.694. The summed E-state index contributed by atoms with van der Waals surface area (Å²) < 4.78 is 7.00. The highest BCUT2D eigenvalue weighted by molar-refractivity contribution is 5.10. The van der Waals surface area contributed by atoms with Crippen LogP contribution in [0.5, 0.6) is 0 Å². The standard InChI is InChI=1S/C12H23N3O2/c1-4-10-7-12(15(2)14-10)8-13-11(5-6-16)9-17-3/h7,11,13,16H,4-6,8-9H2,1-3H3. The lowest BCUT2D eigenvalue weighted by Crippen LogP contribution is -2.34. The van der Waals surface area contributed by atoms with Crippen LogP contribution in [0.1, 0.15) is 24.7 Å². The molecule has 1 rings (SSSR count). The molecule has 0 aliphatic rings. The minimum absolute atomic E-state index is 0.173. The van der Waals surface area contributed by atoms with E-state index in [1.165, 1.54) is 0 Å². The predicted octanol–water partition coefficient (Wildman–Crippen LogP) is 0.469. The van der Waals surface area contributed by atoms with Gasteiger partial charge in [-0.15, -0.1) is 0 Å². The maximum atomic E-state index is 8.94. The third-order valence-corrected chi connectivity index (χ3v) is 2.81. The van der Waals surface area contributed by atoms with Gasteiger partial charge >= 0.3 is 0 Å². The summed E-state index contributed by atoms with van der Waals surface area (Å²) in [6.45, 7) is 3.63. The van der Waals surface area contributed by atoms with E-state index in [0.717, 1.165) is 24.4 Å². The van der Waals surface area contributed by atoms with E-state index in [4.69, 9.17) is 9.84 Å². The van der Waals surface area contributed by atoms with E-state index >= 15 is 0 Å². The number of aliphatic hydroxyl groups is 1. The fourth-order valence-electron chi connectivity index (χ4n) is 1.76. The molecule has 0 radical (unpaired) electrons. The van der Waals surface area contributed by atoms with Crippen LogP contribution in [-0.2, 0) is 24.8 Å². The molecule has 0 spiro atoms. The number of nitrogens with zero attached hydrogens (tertiary/aromatic N) is 2. The van der Waals surface area contributed by atoms with E-state index in [-0.39, 0.29) is 12.6 Å². The molecule has 17 heavy (non-hydrogen) atoms. The highest BCUT2D eigenvalue weighted by atomic mass is 16.5. The first-order valence-corrected chi connectivity index (χ1v) is 6.06. The summed E-state index contributed by atoms with van der Waals surface area (Å²) in [6.07, 6.45) is 1.65. The fourth-order valence-corrected chi connectivity index (χ4v) is 1.76. The molecule has 0 saturated heterocycles. The van der Waals surface area contributed by atoms with Crippen molar-refractivity contribution in [3.05, 3.63) is 17.5 Å². The first kappa shape index (κ1) is 14.2. The Morgan fingerprint density at radius 2 is 2.35 bits per heavy atom. The average Bonchev–Trinajstić information content (AvgIpc) is 2.68. The second-order valence-electron chi connectivity index (χ2n) is 4.15. The summed E-state index contributed by atoms with van der Waals surface area (Å²) in [6, 6.07) is 2.29. The first-order chi connectivity index (χ1) is 8.21. The number of aromatic nitrogens is 2. The molecule has 2 N–H and O–H groups in total. The van der Waals surface area contributed by atoms with E-state index in [0.29, 0.717) is 13.0 Å². The molecule has 1 aromatic heterocycles. The van der Waals surface area contributed by atoms with Crippen molar-refractivity contribution in [3.8, 4) is 0 Å². The van der Waals surface area contributed by atoms with Gasteiger partial charge in [0.15, 0.2) is 0 Å². The third kappa shape index (κ3) is 4.46. The molecule has 1 unspecified atom stereocenters. The van der Waals surface area contributed by atoms with Crippen LogP contribution in [0.4, 0.5) is 0 Å². The molecular formula is C12H23N3O2. The minimum atomic E-state index is 0.173. The normalized spacial score (nSPS) is 12.9. The van der Waals surface area contributed by atoms with Crippen LogP contribution in [0.25, 0.3) is 0 Å². The number of rotatable bonds is 8. The topological polar surface area (TPSA) is 59.3 Å². The number of nitrogens with one attached hydrogen (secondary N) is 1. The van der Waals surface area contributed by atoms with Gasteiger partial charge in [0, 0.05) is 33.4 Å². The van der Waals surface area contributed by atoms with Crippen LogP contribution >= 0.6 is 0 Å². The molecule has 0 aromatic carbocycles. The third-order valence-electron chi connectivity index (χ3n) is 2.81. The van der Waals surface area contributed by atoms with Gasteiger partial charge in [0.2, 0.25) is 0 Å². The van der Waals surface area contributed by atoms with Gasteiger partial charge in [-0.05, 0) is 18.9 Å². The number of hydrogen-bond acceptors (Lipinski definition) is 4. The van der Waals surface area contributed by atoms with Crippen molar-refractivity contribution in [1.29, 1.82) is 0 Å². The van der Waals surface area contributed by atoms with Gasteiger partial charge in [0.1, 0.15) is 0 Å². The lowest BCUT2D eigenvalue weighted by atomic mass is 10.2. The lowest BCUT2D eigenvalue weighted by molar-refractivity contribution is 0.147. The van der Waals surface area contributed by atoms with Gasteiger partial charge in [-0.3, -0.25) is 4.68 Å². The van der Waals surface area contributed by atoms with Gasteiger partial charge in [0.05, 0.1) is 18.0 Å². The van der Waals surface area contributed by atoms with E-state index in [2.05, 4.69) is 23.4 Å². The van der Waals surface area contributed by atoms with Crippen molar-refractivity contribution in [2.45, 2.75) is 32.4 Å². The Morgan fingerprint density at radius 3 is 2.88 bits per heavy atom. The van der Waals surface area contributed by atoms with Crippen LogP contribution in [0.15, 0.2) is 6.07 Å². The number of hydrogen-bond donors (Lipinski definition) is 2. The number of aryl methyl sites for hydroxylation is 2. The summed E-state index contributed by atoms with van der Waals surface area (Å²) in [5, 5.41) is 16.7. The maximum Gasteiger partial charge on any atom is 0.0625 e. The zero-order valence-electron chi connectivity index (χ0n) is 10.9. The maximum absolute atomic E-state index is 8.94. The fraction of sp³-hybridized carbons (Fsp3) is 0.750. The van der Waals surface area contributed by atoms with Gasteiger partial charge < -0.3 is 15.2 Å². The van der Waals surface area contributed by atoms with Crippen molar-refractivity contribution in [1.82, 2.24) is 15.1 Å². The van der Waals surface area contributed by atoms with Gasteiger partial charge in [-0.25, -0.2) is 0 Å². The first-order valence-electron chi connectivity index (χ1n) is 6.06. The van der Waals surface area contributed by atoms with Crippen LogP contribution in [0.2, 0.25) is 0 Å².